The van der Waals surface area contributed by atoms with Crippen molar-refractivity contribution in [3.05, 3.63) is 0 Å². The molecule has 5 heteroatoms. The molecule has 6 N–H and O–H groups in total. The fourth-order valence-corrected chi connectivity index (χ4v) is 0. The van der Waals surface area contributed by atoms with Crippen LogP contribution in [0.4, 0.5) is 0 Å². The van der Waals surface area contributed by atoms with Crippen molar-refractivity contribution in [2.75, 3.05) is 0 Å². The summed E-state index contributed by atoms with van der Waals surface area (Å²) >= 11 is 0. The molecule has 0 aliphatic heterocycles. The Hall–Kier alpha value is 1.17. The third-order valence-corrected chi connectivity index (χ3v) is 0. The summed E-state index contributed by atoms with van der Waals surface area (Å²) in [5.41, 5.74) is 0. The Labute approximate surface area is 56.5 Å². The summed E-state index contributed by atoms with van der Waals surface area (Å²) in [6, 6.07) is 0. The molecule has 0 aliphatic carbocycles. The SMILES string of the molecule is O.O.O.[LiH].[Mo]. The number of hydrogen-bond donors (Lipinski definition) is 0. The molecule has 0 unspecified atom stereocenters. The smallest absolute Gasteiger partial charge is 0 e. The molecule has 0 saturated carbocycles. The molecule has 0 rings (SSSR count). The van der Waals surface area contributed by atoms with Crippen molar-refractivity contribution in [1.29, 1.82) is 0 Å². The van der Waals surface area contributed by atoms with Gasteiger partial charge in [-0.1, -0.05) is 0 Å². The molecule has 0 spiro atoms. The van der Waals surface area contributed by atoms with E-state index in [2.05, 4.69) is 0 Å². The Balaban J connectivity index is 0. The van der Waals surface area contributed by atoms with Gasteiger partial charge in [0.15, 0.2) is 0 Å². The monoisotopic (exact) mass is 160 g/mol. The van der Waals surface area contributed by atoms with Gasteiger partial charge in [0.25, 0.3) is 0 Å². The molecular formula is H7LiMoO3. The summed E-state index contributed by atoms with van der Waals surface area (Å²) in [7, 11) is 0. The predicted molar refractivity (Wildman–Crippen MR) is 18.0 cm³/mol. The third kappa shape index (κ3) is 38.1. The van der Waals surface area contributed by atoms with E-state index in [4.69, 9.17) is 0 Å². The average Bonchev–Trinajstić information content (AvgIpc) is 0. The molecule has 0 radical (unpaired) electrons. The Morgan fingerprint density at radius 3 is 0.600 bits per heavy atom. The van der Waals surface area contributed by atoms with Gasteiger partial charge in [0.05, 0.1) is 0 Å². The minimum atomic E-state index is 0. The second-order valence-electron chi connectivity index (χ2n) is 0. The van der Waals surface area contributed by atoms with Crippen LogP contribution in [0.25, 0.3) is 0 Å². The molecule has 3 nitrogen and oxygen atoms in total. The molecule has 5 heavy (non-hydrogen) atoms. The van der Waals surface area contributed by atoms with Crippen LogP contribution in [-0.2, 0) is 21.1 Å². The van der Waals surface area contributed by atoms with Crippen molar-refractivity contribution in [2.24, 2.45) is 0 Å². The van der Waals surface area contributed by atoms with Gasteiger partial charge in [-0.05, 0) is 0 Å². The predicted octanol–water partition coefficient (Wildman–Crippen LogP) is -3.13. The van der Waals surface area contributed by atoms with Crippen LogP contribution >= 0.6 is 0 Å². The van der Waals surface area contributed by atoms with E-state index in [0.717, 1.165) is 0 Å². The zero-order valence-corrected chi connectivity index (χ0v) is 3.92. The molecule has 0 saturated heterocycles. The summed E-state index contributed by atoms with van der Waals surface area (Å²) in [6.45, 7) is 0. The summed E-state index contributed by atoms with van der Waals surface area (Å²) < 4.78 is 0. The van der Waals surface area contributed by atoms with Gasteiger partial charge in [-0.2, -0.15) is 0 Å². The van der Waals surface area contributed by atoms with Crippen LogP contribution in [0.1, 0.15) is 0 Å². The van der Waals surface area contributed by atoms with Gasteiger partial charge in [-0.15, -0.1) is 0 Å². The first-order chi connectivity index (χ1) is 0. The van der Waals surface area contributed by atoms with Crippen molar-refractivity contribution >= 4 is 18.9 Å². The van der Waals surface area contributed by atoms with E-state index in [9.17, 15) is 0 Å². The molecule has 0 aromatic heterocycles. The normalized spacial score (nSPS) is 0. The van der Waals surface area contributed by atoms with E-state index in [0.29, 0.717) is 0 Å². The van der Waals surface area contributed by atoms with E-state index in [1.54, 1.807) is 0 Å². The van der Waals surface area contributed by atoms with Crippen LogP contribution in [0, 0.1) is 0 Å². The standard InChI is InChI=1S/Li.Mo.3H2O.H/h;;3*1H2;. The second-order valence-corrected chi connectivity index (χ2v) is 0. The molecule has 0 fully saturated rings. The molecule has 0 bridgehead atoms. The van der Waals surface area contributed by atoms with Crippen molar-refractivity contribution in [2.45, 2.75) is 0 Å². The van der Waals surface area contributed by atoms with Gasteiger partial charge in [-0.25, -0.2) is 0 Å². The fraction of sp³-hybridized carbons (Fsp3) is 0. The van der Waals surface area contributed by atoms with E-state index in [1.165, 1.54) is 0 Å². The zero-order valence-electron chi connectivity index (χ0n) is 1.91. The van der Waals surface area contributed by atoms with Crippen LogP contribution in [0.2, 0.25) is 0 Å². The molecule has 32 valence electrons. The maximum absolute atomic E-state index is 0. The molecule has 0 aliphatic rings. The largest absolute Gasteiger partial charge is 0 e. The molecule has 0 atom stereocenters. The van der Waals surface area contributed by atoms with Gasteiger partial charge in [0.1, 0.15) is 0 Å². The van der Waals surface area contributed by atoms with Crippen LogP contribution in [0.5, 0.6) is 0 Å². The Morgan fingerprint density at radius 1 is 0.600 bits per heavy atom. The Bertz CT molecular complexity index is 6.85. The molecular weight excluding hydrogens is 151 g/mol. The summed E-state index contributed by atoms with van der Waals surface area (Å²) in [4.78, 5) is 0. The van der Waals surface area contributed by atoms with Gasteiger partial charge < -0.3 is 16.4 Å². The zero-order chi connectivity index (χ0) is 0. The minimum Gasteiger partial charge on any atom is 0 e. The molecule has 0 aromatic rings. The summed E-state index contributed by atoms with van der Waals surface area (Å²) in [6.07, 6.45) is 0. The topological polar surface area (TPSA) is 94.5 Å². The number of hydrogen-bond acceptors (Lipinski definition) is 0. The third-order valence-electron chi connectivity index (χ3n) is 0. The van der Waals surface area contributed by atoms with Gasteiger partial charge >= 0.3 is 18.9 Å². The van der Waals surface area contributed by atoms with Gasteiger partial charge in [0, 0.05) is 21.1 Å². The Morgan fingerprint density at radius 2 is 0.600 bits per heavy atom. The quantitative estimate of drug-likeness (QED) is 0.333. The minimum absolute atomic E-state index is 0. The van der Waals surface area contributed by atoms with Crippen LogP contribution < -0.4 is 0 Å². The van der Waals surface area contributed by atoms with Gasteiger partial charge in [-0.3, -0.25) is 0 Å². The first-order valence-corrected chi connectivity index (χ1v) is 0. The average molecular weight is 158 g/mol. The maximum atomic E-state index is 0. The number of rotatable bonds is 0. The van der Waals surface area contributed by atoms with Gasteiger partial charge in [0.2, 0.25) is 0 Å². The first kappa shape index (κ1) is 121. The summed E-state index contributed by atoms with van der Waals surface area (Å²) in [5, 5.41) is 0. The maximum Gasteiger partial charge on any atom is 0 e. The van der Waals surface area contributed by atoms with Crippen molar-refractivity contribution < 1.29 is 37.5 Å². The molecule has 0 aromatic carbocycles. The van der Waals surface area contributed by atoms with Crippen LogP contribution in [0.15, 0.2) is 0 Å². The van der Waals surface area contributed by atoms with Crippen molar-refractivity contribution in [3.8, 4) is 0 Å². The van der Waals surface area contributed by atoms with Crippen molar-refractivity contribution in [1.82, 2.24) is 0 Å². The second kappa shape index (κ2) is 66.0. The molecule has 0 heterocycles. The van der Waals surface area contributed by atoms with E-state index < -0.39 is 0 Å². The van der Waals surface area contributed by atoms with E-state index in [-0.39, 0.29) is 56.4 Å². The van der Waals surface area contributed by atoms with E-state index >= 15 is 0 Å². The summed E-state index contributed by atoms with van der Waals surface area (Å²) in [5.74, 6) is 0. The van der Waals surface area contributed by atoms with E-state index in [1.807, 2.05) is 0 Å². The Kier molecular flexibility index (Phi) is 1600. The van der Waals surface area contributed by atoms with Crippen LogP contribution in [0.3, 0.4) is 0 Å². The molecule has 0 amide bonds. The van der Waals surface area contributed by atoms with Crippen molar-refractivity contribution in [3.63, 3.8) is 0 Å². The first-order valence-electron chi connectivity index (χ1n) is 0. The van der Waals surface area contributed by atoms with Crippen LogP contribution in [-0.4, -0.2) is 35.3 Å². The fourth-order valence-electron chi connectivity index (χ4n) is 0.